The van der Waals surface area contributed by atoms with Crippen LogP contribution in [0.1, 0.15) is 28.7 Å². The highest BCUT2D eigenvalue weighted by atomic mass is 16.5. The molecule has 128 valence electrons. The fourth-order valence-corrected chi connectivity index (χ4v) is 2.51. The second-order valence-corrected chi connectivity index (χ2v) is 6.12. The number of amides is 2. The van der Waals surface area contributed by atoms with E-state index in [-0.39, 0.29) is 6.03 Å². The molecule has 0 fully saturated rings. The Morgan fingerprint density at radius 3 is 2.42 bits per heavy atom. The molecule has 4 heteroatoms. The summed E-state index contributed by atoms with van der Waals surface area (Å²) in [6, 6.07) is 11.9. The Hall–Kier alpha value is -2.49. The second-order valence-electron chi connectivity index (χ2n) is 6.12. The summed E-state index contributed by atoms with van der Waals surface area (Å²) >= 11 is 0. The number of hydrogen-bond donors (Lipinski definition) is 2. The molecule has 0 radical (unpaired) electrons. The number of carbonyl (C=O) groups is 1. The van der Waals surface area contributed by atoms with Gasteiger partial charge in [0.2, 0.25) is 0 Å². The number of para-hydroxylation sites is 1. The van der Waals surface area contributed by atoms with Crippen LogP contribution in [-0.2, 0) is 0 Å². The maximum absolute atomic E-state index is 12.0. The first-order chi connectivity index (χ1) is 11.5. The monoisotopic (exact) mass is 326 g/mol. The van der Waals surface area contributed by atoms with Gasteiger partial charge in [0, 0.05) is 12.2 Å². The lowest BCUT2D eigenvalue weighted by molar-refractivity contribution is 0.250. The third-order valence-corrected chi connectivity index (χ3v) is 3.90. The Bertz CT molecular complexity index is 691. The van der Waals surface area contributed by atoms with E-state index in [0.717, 1.165) is 40.1 Å². The standard InChI is InChI=1S/C20H26N2O2/c1-14-9-10-15(2)18(13-14)22-20(23)21-11-6-12-24-19-16(3)7-5-8-17(19)4/h5,7-10,13H,6,11-12H2,1-4H3,(H2,21,22,23). The van der Waals surface area contributed by atoms with Crippen LogP contribution in [0, 0.1) is 27.7 Å². The van der Waals surface area contributed by atoms with Crippen LogP contribution >= 0.6 is 0 Å². The number of benzene rings is 2. The average molecular weight is 326 g/mol. The van der Waals surface area contributed by atoms with Crippen molar-refractivity contribution in [2.45, 2.75) is 34.1 Å². The lowest BCUT2D eigenvalue weighted by Crippen LogP contribution is -2.30. The maximum atomic E-state index is 12.0. The van der Waals surface area contributed by atoms with Crippen molar-refractivity contribution >= 4 is 11.7 Å². The van der Waals surface area contributed by atoms with Gasteiger partial charge in [-0.3, -0.25) is 0 Å². The molecule has 24 heavy (non-hydrogen) atoms. The van der Waals surface area contributed by atoms with Gasteiger partial charge in [0.15, 0.2) is 0 Å². The molecular formula is C20H26N2O2. The third kappa shape index (κ3) is 5.01. The van der Waals surface area contributed by atoms with Gasteiger partial charge in [0.1, 0.15) is 5.75 Å². The normalized spacial score (nSPS) is 10.3. The van der Waals surface area contributed by atoms with Gasteiger partial charge in [-0.1, -0.05) is 30.3 Å². The van der Waals surface area contributed by atoms with Crippen molar-refractivity contribution in [1.82, 2.24) is 5.32 Å². The Morgan fingerprint density at radius 2 is 1.71 bits per heavy atom. The molecule has 2 aromatic rings. The van der Waals surface area contributed by atoms with Crippen LogP contribution in [0.5, 0.6) is 5.75 Å². The predicted octanol–water partition coefficient (Wildman–Crippen LogP) is 4.51. The summed E-state index contributed by atoms with van der Waals surface area (Å²) in [5.74, 6) is 0.942. The van der Waals surface area contributed by atoms with Gasteiger partial charge in [0.25, 0.3) is 0 Å². The van der Waals surface area contributed by atoms with Crippen LogP contribution in [0.4, 0.5) is 10.5 Å². The molecule has 0 aromatic heterocycles. The maximum Gasteiger partial charge on any atom is 0.319 e. The zero-order valence-corrected chi connectivity index (χ0v) is 14.9. The summed E-state index contributed by atoms with van der Waals surface area (Å²) < 4.78 is 5.83. The van der Waals surface area contributed by atoms with Crippen molar-refractivity contribution in [2.24, 2.45) is 0 Å². The third-order valence-electron chi connectivity index (χ3n) is 3.90. The van der Waals surface area contributed by atoms with Crippen LogP contribution in [0.15, 0.2) is 36.4 Å². The molecule has 0 bridgehead atoms. The Balaban J connectivity index is 1.72. The molecule has 2 N–H and O–H groups in total. The highest BCUT2D eigenvalue weighted by molar-refractivity contribution is 5.90. The molecule has 4 nitrogen and oxygen atoms in total. The van der Waals surface area contributed by atoms with Crippen LogP contribution < -0.4 is 15.4 Å². The first-order valence-electron chi connectivity index (χ1n) is 8.28. The number of ether oxygens (including phenoxy) is 1. The van der Waals surface area contributed by atoms with E-state index >= 15 is 0 Å². The van der Waals surface area contributed by atoms with Crippen molar-refractivity contribution in [3.05, 3.63) is 58.7 Å². The number of rotatable bonds is 6. The lowest BCUT2D eigenvalue weighted by Gasteiger charge is -2.13. The topological polar surface area (TPSA) is 50.4 Å². The van der Waals surface area contributed by atoms with Gasteiger partial charge in [-0.25, -0.2) is 4.79 Å². The second kappa shape index (κ2) is 8.39. The average Bonchev–Trinajstić information content (AvgIpc) is 2.53. The number of aryl methyl sites for hydroxylation is 4. The number of nitrogens with one attached hydrogen (secondary N) is 2. The van der Waals surface area contributed by atoms with Gasteiger partial charge in [-0.15, -0.1) is 0 Å². The Morgan fingerprint density at radius 1 is 1.00 bits per heavy atom. The molecule has 0 aliphatic carbocycles. The largest absolute Gasteiger partial charge is 0.493 e. The lowest BCUT2D eigenvalue weighted by atomic mass is 10.1. The predicted molar refractivity (Wildman–Crippen MR) is 99.0 cm³/mol. The van der Waals surface area contributed by atoms with E-state index in [9.17, 15) is 4.79 Å². The van der Waals surface area contributed by atoms with Crippen LogP contribution in [0.25, 0.3) is 0 Å². The molecule has 2 aromatic carbocycles. The molecule has 0 atom stereocenters. The minimum atomic E-state index is -0.184. The van der Waals surface area contributed by atoms with E-state index in [4.69, 9.17) is 4.74 Å². The van der Waals surface area contributed by atoms with Crippen molar-refractivity contribution < 1.29 is 9.53 Å². The number of carbonyl (C=O) groups excluding carboxylic acids is 1. The number of hydrogen-bond acceptors (Lipinski definition) is 2. The molecule has 0 spiro atoms. The van der Waals surface area contributed by atoms with Crippen molar-refractivity contribution in [3.63, 3.8) is 0 Å². The molecule has 0 aliphatic heterocycles. The zero-order valence-electron chi connectivity index (χ0n) is 14.9. The van der Waals surface area contributed by atoms with Gasteiger partial charge in [-0.05, 0) is 62.4 Å². The minimum Gasteiger partial charge on any atom is -0.493 e. The summed E-state index contributed by atoms with van der Waals surface area (Å²) in [5.41, 5.74) is 5.29. The molecule has 0 unspecified atom stereocenters. The minimum absolute atomic E-state index is 0.184. The summed E-state index contributed by atoms with van der Waals surface area (Å²) in [5, 5.41) is 5.75. The van der Waals surface area contributed by atoms with Gasteiger partial charge in [0.05, 0.1) is 6.61 Å². The fourth-order valence-electron chi connectivity index (χ4n) is 2.51. The van der Waals surface area contributed by atoms with E-state index in [0.29, 0.717) is 13.2 Å². The molecular weight excluding hydrogens is 300 g/mol. The van der Waals surface area contributed by atoms with Gasteiger partial charge >= 0.3 is 6.03 Å². The quantitative estimate of drug-likeness (QED) is 0.767. The Labute approximate surface area is 144 Å². The highest BCUT2D eigenvalue weighted by Crippen LogP contribution is 2.22. The molecule has 0 heterocycles. The molecule has 2 amide bonds. The van der Waals surface area contributed by atoms with E-state index in [1.165, 1.54) is 0 Å². The fraction of sp³-hybridized carbons (Fsp3) is 0.350. The van der Waals surface area contributed by atoms with Gasteiger partial charge in [-0.2, -0.15) is 0 Å². The van der Waals surface area contributed by atoms with Gasteiger partial charge < -0.3 is 15.4 Å². The van der Waals surface area contributed by atoms with Crippen LogP contribution in [0.2, 0.25) is 0 Å². The summed E-state index contributed by atoms with van der Waals surface area (Å²) in [6.07, 6.45) is 0.758. The van der Waals surface area contributed by atoms with E-state index in [1.54, 1.807) is 0 Å². The SMILES string of the molecule is Cc1ccc(C)c(NC(=O)NCCCOc2c(C)cccc2C)c1. The number of urea groups is 1. The smallest absolute Gasteiger partial charge is 0.319 e. The Kier molecular flexibility index (Phi) is 6.24. The molecule has 2 rings (SSSR count). The van der Waals surface area contributed by atoms with E-state index < -0.39 is 0 Å². The summed E-state index contributed by atoms with van der Waals surface area (Å²) in [4.78, 5) is 12.0. The van der Waals surface area contributed by atoms with Crippen molar-refractivity contribution in [3.8, 4) is 5.75 Å². The highest BCUT2D eigenvalue weighted by Gasteiger charge is 2.05. The summed E-state index contributed by atoms with van der Waals surface area (Å²) in [6.45, 7) is 9.22. The first kappa shape index (κ1) is 17.9. The van der Waals surface area contributed by atoms with Crippen molar-refractivity contribution in [2.75, 3.05) is 18.5 Å². The van der Waals surface area contributed by atoms with Crippen LogP contribution in [0.3, 0.4) is 0 Å². The number of anilines is 1. The molecule has 0 aliphatic rings. The van der Waals surface area contributed by atoms with Crippen molar-refractivity contribution in [1.29, 1.82) is 0 Å². The molecule has 0 saturated carbocycles. The zero-order chi connectivity index (χ0) is 17.5. The van der Waals surface area contributed by atoms with E-state index in [1.807, 2.05) is 64.1 Å². The van der Waals surface area contributed by atoms with E-state index in [2.05, 4.69) is 10.6 Å². The first-order valence-corrected chi connectivity index (χ1v) is 8.28. The summed E-state index contributed by atoms with van der Waals surface area (Å²) in [7, 11) is 0. The van der Waals surface area contributed by atoms with Crippen LogP contribution in [-0.4, -0.2) is 19.2 Å². The molecule has 0 saturated heterocycles.